The van der Waals surface area contributed by atoms with Gasteiger partial charge in [0.15, 0.2) is 11.2 Å². The lowest BCUT2D eigenvalue weighted by Crippen LogP contribution is -2.38. The predicted molar refractivity (Wildman–Crippen MR) is 131 cm³/mol. The Bertz CT molecular complexity index is 1420. The Morgan fingerprint density at radius 2 is 1.71 bits per heavy atom. The molecule has 1 unspecified atom stereocenters. The van der Waals surface area contributed by atoms with E-state index in [0.29, 0.717) is 18.2 Å². The molecule has 0 aliphatic carbocycles. The first-order valence-corrected chi connectivity index (χ1v) is 11.1. The van der Waals surface area contributed by atoms with E-state index in [2.05, 4.69) is 4.98 Å². The van der Waals surface area contributed by atoms with E-state index >= 15 is 0 Å². The van der Waals surface area contributed by atoms with Crippen molar-refractivity contribution in [3.63, 3.8) is 0 Å². The number of hydrogen-bond donors (Lipinski definition) is 1. The summed E-state index contributed by atoms with van der Waals surface area (Å²) in [4.78, 5) is 32.1. The molecule has 4 rings (SSSR count). The lowest BCUT2D eigenvalue weighted by atomic mass is 10.2. The van der Waals surface area contributed by atoms with Crippen molar-refractivity contribution in [2.45, 2.75) is 26.1 Å². The molecular weight excluding hydrogens is 434 g/mol. The van der Waals surface area contributed by atoms with Crippen molar-refractivity contribution in [1.82, 2.24) is 18.7 Å². The number of aliphatic hydroxyl groups is 1. The minimum atomic E-state index is -0.914. The molecule has 2 heterocycles. The van der Waals surface area contributed by atoms with Gasteiger partial charge >= 0.3 is 5.69 Å². The van der Waals surface area contributed by atoms with Gasteiger partial charge in [-0.2, -0.15) is 4.98 Å². The number of nitrogens with zero attached hydrogens (tertiary/aromatic N) is 5. The van der Waals surface area contributed by atoms with Crippen LogP contribution >= 0.6 is 0 Å². The lowest BCUT2D eigenvalue weighted by molar-refractivity contribution is 0.0933. The van der Waals surface area contributed by atoms with Crippen molar-refractivity contribution in [3.05, 3.63) is 86.6 Å². The zero-order valence-electron chi connectivity index (χ0n) is 19.8. The fourth-order valence-electron chi connectivity index (χ4n) is 4.00. The Balaban J connectivity index is 1.72. The minimum absolute atomic E-state index is 0.0401. The highest BCUT2D eigenvalue weighted by Crippen LogP contribution is 2.22. The fraction of sp³-hybridized carbons (Fsp3) is 0.320. The summed E-state index contributed by atoms with van der Waals surface area (Å²) in [5.41, 5.74) is 1.65. The number of ether oxygens (including phenoxy) is 1. The third-order valence-corrected chi connectivity index (χ3v) is 5.85. The van der Waals surface area contributed by atoms with Crippen LogP contribution in [0.25, 0.3) is 11.2 Å². The zero-order chi connectivity index (χ0) is 24.4. The van der Waals surface area contributed by atoms with Gasteiger partial charge < -0.3 is 19.3 Å². The third-order valence-electron chi connectivity index (χ3n) is 5.85. The van der Waals surface area contributed by atoms with Crippen molar-refractivity contribution in [2.24, 2.45) is 14.1 Å². The quantitative estimate of drug-likeness (QED) is 0.428. The van der Waals surface area contributed by atoms with E-state index < -0.39 is 17.4 Å². The molecule has 0 spiro atoms. The number of anilines is 1. The number of rotatable bonds is 8. The number of aromatic nitrogens is 4. The average molecular weight is 464 g/mol. The first kappa shape index (κ1) is 23.3. The number of aliphatic hydroxyl groups excluding tert-OH is 1. The number of benzene rings is 2. The molecule has 0 aliphatic rings. The van der Waals surface area contributed by atoms with Crippen molar-refractivity contribution in [1.29, 1.82) is 0 Å². The molecule has 9 heteroatoms. The number of hydrogen-bond acceptors (Lipinski definition) is 6. The molecule has 0 amide bonds. The molecule has 0 radical (unpaired) electrons. The van der Waals surface area contributed by atoms with E-state index in [9.17, 15) is 14.7 Å². The van der Waals surface area contributed by atoms with Crippen LogP contribution in [0.3, 0.4) is 0 Å². The maximum atomic E-state index is 13.1. The Labute approximate surface area is 197 Å². The summed E-state index contributed by atoms with van der Waals surface area (Å²) >= 11 is 0. The van der Waals surface area contributed by atoms with Gasteiger partial charge in [0.05, 0.1) is 6.54 Å². The van der Waals surface area contributed by atoms with E-state index in [4.69, 9.17) is 4.74 Å². The fourth-order valence-corrected chi connectivity index (χ4v) is 4.00. The van der Waals surface area contributed by atoms with Gasteiger partial charge in [0, 0.05) is 27.7 Å². The first-order valence-electron chi connectivity index (χ1n) is 11.1. The second-order valence-electron chi connectivity index (χ2n) is 8.47. The maximum absolute atomic E-state index is 13.1. The Hall–Kier alpha value is -3.85. The van der Waals surface area contributed by atoms with Gasteiger partial charge in [0.1, 0.15) is 18.5 Å². The molecule has 4 aromatic rings. The number of fused-ring (bicyclic) bond motifs is 1. The molecule has 2 aromatic heterocycles. The molecule has 1 N–H and O–H groups in total. The van der Waals surface area contributed by atoms with Crippen LogP contribution in [0.5, 0.6) is 5.75 Å². The summed E-state index contributed by atoms with van der Waals surface area (Å²) < 4.78 is 9.89. The van der Waals surface area contributed by atoms with Gasteiger partial charge in [-0.3, -0.25) is 13.9 Å². The van der Waals surface area contributed by atoms with Crippen LogP contribution in [0.2, 0.25) is 0 Å². The Kier molecular flexibility index (Phi) is 6.56. The molecule has 0 saturated heterocycles. The molecule has 0 saturated carbocycles. The smallest absolute Gasteiger partial charge is 0.332 e. The summed E-state index contributed by atoms with van der Waals surface area (Å²) in [6.07, 6.45) is -0.914. The second kappa shape index (κ2) is 9.56. The molecule has 0 fully saturated rings. The van der Waals surface area contributed by atoms with Crippen LogP contribution in [0, 0.1) is 6.92 Å². The van der Waals surface area contributed by atoms with Crippen molar-refractivity contribution in [2.75, 3.05) is 18.6 Å². The lowest BCUT2D eigenvalue weighted by Gasteiger charge is -2.22. The number of para-hydroxylation sites is 1. The summed E-state index contributed by atoms with van der Waals surface area (Å²) in [7, 11) is 4.89. The third kappa shape index (κ3) is 4.47. The van der Waals surface area contributed by atoms with Crippen molar-refractivity contribution >= 4 is 17.1 Å². The van der Waals surface area contributed by atoms with Crippen LogP contribution in [0.1, 0.15) is 11.1 Å². The van der Waals surface area contributed by atoms with Crippen LogP contribution in [0.15, 0.2) is 64.2 Å². The van der Waals surface area contributed by atoms with Gasteiger partial charge in [0.25, 0.3) is 5.56 Å². The SMILES string of the molecule is Cc1ccccc1OCC(O)Cn1c(N(C)Cc2ccccc2)nc2c1c(=O)n(C)c(=O)n2C. The van der Waals surface area contributed by atoms with Crippen LogP contribution in [0.4, 0.5) is 5.95 Å². The van der Waals surface area contributed by atoms with E-state index in [1.165, 1.54) is 11.6 Å². The van der Waals surface area contributed by atoms with Gasteiger partial charge in [-0.1, -0.05) is 48.5 Å². The minimum Gasteiger partial charge on any atom is -0.491 e. The molecule has 178 valence electrons. The first-order chi connectivity index (χ1) is 16.3. The topological polar surface area (TPSA) is 94.5 Å². The van der Waals surface area contributed by atoms with Crippen LogP contribution in [-0.4, -0.2) is 43.6 Å². The Morgan fingerprint density at radius 1 is 1.03 bits per heavy atom. The standard InChI is InChI=1S/C25H29N5O4/c1-17-10-8-9-13-20(17)34-16-19(31)15-30-21-22(28(3)25(33)29(4)23(21)32)26-24(30)27(2)14-18-11-6-5-7-12-18/h5-13,19,31H,14-16H2,1-4H3. The van der Waals surface area contributed by atoms with E-state index in [0.717, 1.165) is 15.7 Å². The summed E-state index contributed by atoms with van der Waals surface area (Å²) in [6, 6.07) is 17.4. The van der Waals surface area contributed by atoms with Gasteiger partial charge in [0.2, 0.25) is 5.95 Å². The van der Waals surface area contributed by atoms with Gasteiger partial charge in [-0.25, -0.2) is 4.79 Å². The maximum Gasteiger partial charge on any atom is 0.332 e. The number of imidazole rings is 1. The van der Waals surface area contributed by atoms with Gasteiger partial charge in [-0.05, 0) is 24.1 Å². The van der Waals surface area contributed by atoms with E-state index in [1.54, 1.807) is 11.6 Å². The van der Waals surface area contributed by atoms with E-state index in [1.807, 2.05) is 73.5 Å². The van der Waals surface area contributed by atoms with Crippen LogP contribution < -0.4 is 20.9 Å². The zero-order valence-corrected chi connectivity index (χ0v) is 19.8. The van der Waals surface area contributed by atoms with Gasteiger partial charge in [-0.15, -0.1) is 0 Å². The molecular formula is C25H29N5O4. The van der Waals surface area contributed by atoms with Crippen molar-refractivity contribution in [3.8, 4) is 5.75 Å². The Morgan fingerprint density at radius 3 is 2.41 bits per heavy atom. The number of aryl methyl sites for hydroxylation is 2. The largest absolute Gasteiger partial charge is 0.491 e. The summed E-state index contributed by atoms with van der Waals surface area (Å²) in [5.74, 6) is 1.17. The van der Waals surface area contributed by atoms with Crippen LogP contribution in [-0.2, 0) is 27.2 Å². The summed E-state index contributed by atoms with van der Waals surface area (Å²) in [5, 5.41) is 10.8. The molecule has 34 heavy (non-hydrogen) atoms. The normalized spacial score (nSPS) is 12.1. The highest BCUT2D eigenvalue weighted by atomic mass is 16.5. The highest BCUT2D eigenvalue weighted by Gasteiger charge is 2.23. The summed E-state index contributed by atoms with van der Waals surface area (Å²) in [6.45, 7) is 2.59. The highest BCUT2D eigenvalue weighted by molar-refractivity contribution is 5.74. The molecule has 0 bridgehead atoms. The predicted octanol–water partition coefficient (Wildman–Crippen LogP) is 1.82. The second-order valence-corrected chi connectivity index (χ2v) is 8.47. The molecule has 0 aliphatic heterocycles. The molecule has 1 atom stereocenters. The monoisotopic (exact) mass is 463 g/mol. The average Bonchev–Trinajstić information content (AvgIpc) is 3.21. The molecule has 9 nitrogen and oxygen atoms in total. The van der Waals surface area contributed by atoms with E-state index in [-0.39, 0.29) is 24.3 Å². The van der Waals surface area contributed by atoms with Crippen molar-refractivity contribution < 1.29 is 9.84 Å². The molecule has 2 aromatic carbocycles.